The minimum atomic E-state index is -0.270. The van der Waals surface area contributed by atoms with Crippen molar-refractivity contribution in [2.45, 2.75) is 0 Å². The van der Waals surface area contributed by atoms with Gasteiger partial charge in [0.2, 0.25) is 0 Å². The summed E-state index contributed by atoms with van der Waals surface area (Å²) >= 11 is 12.3. The summed E-state index contributed by atoms with van der Waals surface area (Å²) in [5.74, 6) is -0.270. The van der Waals surface area contributed by atoms with Gasteiger partial charge in [-0.3, -0.25) is 4.79 Å². The third kappa shape index (κ3) is 2.84. The lowest BCUT2D eigenvalue weighted by Crippen LogP contribution is -2.11. The first-order chi connectivity index (χ1) is 10.7. The predicted molar refractivity (Wildman–Crippen MR) is 86.4 cm³/mol. The summed E-state index contributed by atoms with van der Waals surface area (Å²) in [7, 11) is 0. The average molecular weight is 333 g/mol. The summed E-state index contributed by atoms with van der Waals surface area (Å²) in [6.07, 6.45) is 1.34. The molecule has 1 aromatic heterocycles. The lowest BCUT2D eigenvalue weighted by Gasteiger charge is -2.07. The summed E-state index contributed by atoms with van der Waals surface area (Å²) in [6, 6.07) is 14.0. The summed E-state index contributed by atoms with van der Waals surface area (Å²) in [5.41, 5.74) is 1.84. The normalized spacial score (nSPS) is 10.5. The van der Waals surface area contributed by atoms with Gasteiger partial charge in [-0.25, -0.2) is 0 Å². The van der Waals surface area contributed by atoms with Crippen LogP contribution in [0.25, 0.3) is 11.3 Å². The molecule has 3 aromatic rings. The van der Waals surface area contributed by atoms with Crippen LogP contribution in [0.2, 0.25) is 10.0 Å². The third-order valence-corrected chi connectivity index (χ3v) is 3.68. The topological polar surface area (TPSA) is 55.1 Å². The van der Waals surface area contributed by atoms with E-state index in [-0.39, 0.29) is 5.91 Å². The van der Waals surface area contributed by atoms with E-state index in [2.05, 4.69) is 10.5 Å². The minimum absolute atomic E-state index is 0.270. The Morgan fingerprint density at radius 1 is 1.00 bits per heavy atom. The lowest BCUT2D eigenvalue weighted by molar-refractivity contribution is 0.102. The van der Waals surface area contributed by atoms with Crippen molar-refractivity contribution in [3.63, 3.8) is 0 Å². The summed E-state index contributed by atoms with van der Waals surface area (Å²) < 4.78 is 4.96. The van der Waals surface area contributed by atoms with Gasteiger partial charge in [-0.2, -0.15) is 0 Å². The Bertz CT molecular complexity index is 796. The molecule has 0 fully saturated rings. The van der Waals surface area contributed by atoms with Gasteiger partial charge in [0, 0.05) is 11.1 Å². The van der Waals surface area contributed by atoms with E-state index in [1.54, 1.807) is 42.5 Å². The maximum absolute atomic E-state index is 12.2. The molecule has 0 aliphatic heterocycles. The maximum atomic E-state index is 12.2. The quantitative estimate of drug-likeness (QED) is 0.742. The number of nitrogens with one attached hydrogen (secondary N) is 1. The van der Waals surface area contributed by atoms with E-state index < -0.39 is 0 Å². The van der Waals surface area contributed by atoms with Crippen LogP contribution in [-0.4, -0.2) is 11.1 Å². The van der Waals surface area contributed by atoms with Crippen LogP contribution in [0.5, 0.6) is 0 Å². The molecule has 1 N–H and O–H groups in total. The minimum Gasteiger partial charge on any atom is -0.362 e. The molecule has 0 bridgehead atoms. The fourth-order valence-corrected chi connectivity index (χ4v) is 2.59. The summed E-state index contributed by atoms with van der Waals surface area (Å²) in [5, 5.41) is 7.50. The number of benzene rings is 2. The van der Waals surface area contributed by atoms with Crippen molar-refractivity contribution >= 4 is 34.8 Å². The van der Waals surface area contributed by atoms with Crippen LogP contribution >= 0.6 is 23.2 Å². The Hall–Kier alpha value is -2.30. The molecule has 0 radical (unpaired) electrons. The molecule has 1 amide bonds. The molecule has 3 rings (SSSR count). The molecular formula is C16H10Cl2N2O2. The lowest BCUT2D eigenvalue weighted by atomic mass is 10.1. The summed E-state index contributed by atoms with van der Waals surface area (Å²) in [6.45, 7) is 0. The first-order valence-electron chi connectivity index (χ1n) is 6.42. The van der Waals surface area contributed by atoms with Gasteiger partial charge in [0.25, 0.3) is 5.91 Å². The van der Waals surface area contributed by atoms with Crippen LogP contribution in [-0.2, 0) is 0 Å². The molecule has 0 saturated heterocycles. The molecule has 22 heavy (non-hydrogen) atoms. The fourth-order valence-electron chi connectivity index (χ4n) is 2.01. The highest BCUT2D eigenvalue weighted by molar-refractivity contribution is 6.39. The Balaban J connectivity index is 1.95. The number of carbonyl (C=O) groups excluding carboxylic acids is 1. The van der Waals surface area contributed by atoms with E-state index in [9.17, 15) is 4.79 Å². The van der Waals surface area contributed by atoms with Crippen LogP contribution < -0.4 is 5.32 Å². The van der Waals surface area contributed by atoms with Crippen molar-refractivity contribution < 1.29 is 9.32 Å². The van der Waals surface area contributed by atoms with E-state index >= 15 is 0 Å². The van der Waals surface area contributed by atoms with E-state index in [1.165, 1.54) is 6.26 Å². The number of aromatic nitrogens is 1. The standard InChI is InChI=1S/C16H10Cl2N2O2/c17-11-7-4-8-12(18)14(11)15-13(9-22-20-15)19-16(21)10-5-2-1-3-6-10/h1-9H,(H,19,21). The first-order valence-corrected chi connectivity index (χ1v) is 7.17. The number of carbonyl (C=O) groups is 1. The number of rotatable bonds is 3. The molecule has 0 unspecified atom stereocenters. The van der Waals surface area contributed by atoms with E-state index in [1.807, 2.05) is 6.07 Å². The number of hydrogen-bond donors (Lipinski definition) is 1. The van der Waals surface area contributed by atoms with Gasteiger partial charge in [0.15, 0.2) is 0 Å². The van der Waals surface area contributed by atoms with E-state index in [4.69, 9.17) is 27.7 Å². The van der Waals surface area contributed by atoms with Gasteiger partial charge in [0.1, 0.15) is 17.6 Å². The van der Waals surface area contributed by atoms with Gasteiger partial charge >= 0.3 is 0 Å². The van der Waals surface area contributed by atoms with E-state index in [0.717, 1.165) is 0 Å². The van der Waals surface area contributed by atoms with Crippen LogP contribution in [0, 0.1) is 0 Å². The van der Waals surface area contributed by atoms with Gasteiger partial charge in [0.05, 0.1) is 10.0 Å². The zero-order valence-corrected chi connectivity index (χ0v) is 12.7. The SMILES string of the molecule is O=C(Nc1conc1-c1c(Cl)cccc1Cl)c1ccccc1. The zero-order chi connectivity index (χ0) is 15.5. The second-order valence-corrected chi connectivity index (χ2v) is 5.31. The maximum Gasteiger partial charge on any atom is 0.255 e. The summed E-state index contributed by atoms with van der Waals surface area (Å²) in [4.78, 5) is 12.2. The highest BCUT2D eigenvalue weighted by Gasteiger charge is 2.18. The second kappa shape index (κ2) is 6.22. The van der Waals surface area contributed by atoms with Gasteiger partial charge in [-0.15, -0.1) is 0 Å². The Labute approximate surface area is 136 Å². The molecular weight excluding hydrogens is 323 g/mol. The average Bonchev–Trinajstić information content (AvgIpc) is 2.96. The molecule has 0 aliphatic rings. The third-order valence-electron chi connectivity index (χ3n) is 3.05. The van der Waals surface area contributed by atoms with Gasteiger partial charge in [-0.1, -0.05) is 52.6 Å². The number of amides is 1. The predicted octanol–water partition coefficient (Wildman–Crippen LogP) is 4.90. The molecule has 0 atom stereocenters. The Kier molecular flexibility index (Phi) is 4.13. The molecule has 2 aromatic carbocycles. The van der Waals surface area contributed by atoms with Crippen molar-refractivity contribution in [3.8, 4) is 11.3 Å². The monoisotopic (exact) mass is 332 g/mol. The number of nitrogens with zero attached hydrogens (tertiary/aromatic N) is 1. The number of halogens is 2. The fraction of sp³-hybridized carbons (Fsp3) is 0. The molecule has 110 valence electrons. The number of hydrogen-bond acceptors (Lipinski definition) is 3. The highest BCUT2D eigenvalue weighted by atomic mass is 35.5. The smallest absolute Gasteiger partial charge is 0.255 e. The molecule has 0 aliphatic carbocycles. The van der Waals surface area contributed by atoms with Gasteiger partial charge in [-0.05, 0) is 24.3 Å². The van der Waals surface area contributed by atoms with Crippen molar-refractivity contribution in [2.24, 2.45) is 0 Å². The molecule has 6 heteroatoms. The van der Waals surface area contributed by atoms with Crippen LogP contribution in [0.3, 0.4) is 0 Å². The van der Waals surface area contributed by atoms with E-state index in [0.29, 0.717) is 32.6 Å². The molecule has 4 nitrogen and oxygen atoms in total. The largest absolute Gasteiger partial charge is 0.362 e. The Morgan fingerprint density at radius 2 is 1.68 bits per heavy atom. The molecule has 0 spiro atoms. The van der Waals surface area contributed by atoms with Crippen molar-refractivity contribution in [3.05, 3.63) is 70.4 Å². The van der Waals surface area contributed by atoms with Crippen molar-refractivity contribution in [1.29, 1.82) is 0 Å². The Morgan fingerprint density at radius 3 is 2.36 bits per heavy atom. The van der Waals surface area contributed by atoms with Crippen molar-refractivity contribution in [1.82, 2.24) is 5.16 Å². The van der Waals surface area contributed by atoms with Gasteiger partial charge < -0.3 is 9.84 Å². The first kappa shape index (κ1) is 14.6. The molecule has 0 saturated carbocycles. The zero-order valence-electron chi connectivity index (χ0n) is 11.2. The number of anilines is 1. The molecule has 1 heterocycles. The highest BCUT2D eigenvalue weighted by Crippen LogP contribution is 2.37. The van der Waals surface area contributed by atoms with Crippen LogP contribution in [0.15, 0.2) is 59.3 Å². The second-order valence-electron chi connectivity index (χ2n) is 4.49. The van der Waals surface area contributed by atoms with Crippen molar-refractivity contribution in [2.75, 3.05) is 5.32 Å². The van der Waals surface area contributed by atoms with Crippen LogP contribution in [0.4, 0.5) is 5.69 Å². The van der Waals surface area contributed by atoms with Crippen LogP contribution in [0.1, 0.15) is 10.4 Å².